The Bertz CT molecular complexity index is 959. The molecule has 0 spiro atoms. The van der Waals surface area contributed by atoms with Gasteiger partial charge in [-0.05, 0) is 57.2 Å². The van der Waals surface area contributed by atoms with E-state index in [2.05, 4.69) is 22.6 Å². The molecule has 29 heavy (non-hydrogen) atoms. The Kier molecular flexibility index (Phi) is 5.62. The molecule has 2 radical (unpaired) electrons. The standard InChI is InChI=1S/C22H28N2O4Si/c1-13(2)15-8-7-9-16-14(12-23-18(15)16)10-22(19(25)27-6)11-17(22)29-24-20(26)28-21(3,4)5/h7-9,12,17,23H,1,10-11H2,2-6H3,(H,24,26)/t17?,22-/m0/s1. The summed E-state index contributed by atoms with van der Waals surface area (Å²) < 4.78 is 10.4. The molecule has 1 amide bonds. The number of benzene rings is 1. The normalized spacial score (nSPS) is 20.9. The van der Waals surface area contributed by atoms with E-state index in [0.717, 1.165) is 27.6 Å². The van der Waals surface area contributed by atoms with Crippen molar-refractivity contribution in [3.05, 3.63) is 42.1 Å². The number of allylic oxidation sites excluding steroid dienone is 1. The first-order chi connectivity index (χ1) is 13.6. The maximum Gasteiger partial charge on any atom is 0.399 e. The Morgan fingerprint density at radius 3 is 2.72 bits per heavy atom. The number of H-pyrrole nitrogens is 1. The van der Waals surface area contributed by atoms with Crippen molar-refractivity contribution in [2.45, 2.75) is 51.7 Å². The topological polar surface area (TPSA) is 80.4 Å². The number of amides is 1. The van der Waals surface area contributed by atoms with Crippen molar-refractivity contribution in [1.29, 1.82) is 0 Å². The van der Waals surface area contributed by atoms with Crippen LogP contribution in [-0.2, 0) is 20.7 Å². The zero-order chi connectivity index (χ0) is 21.4. The van der Waals surface area contributed by atoms with Gasteiger partial charge in [0.15, 0.2) is 9.68 Å². The number of fused-ring (bicyclic) bond motifs is 1. The van der Waals surface area contributed by atoms with Crippen LogP contribution in [-0.4, -0.2) is 39.4 Å². The minimum absolute atomic E-state index is 0.0386. The predicted molar refractivity (Wildman–Crippen MR) is 115 cm³/mol. The van der Waals surface area contributed by atoms with Crippen molar-refractivity contribution in [1.82, 2.24) is 9.97 Å². The smallest absolute Gasteiger partial charge is 0.399 e. The summed E-state index contributed by atoms with van der Waals surface area (Å²) >= 11 is 0. The van der Waals surface area contributed by atoms with Gasteiger partial charge in [0.25, 0.3) is 0 Å². The van der Waals surface area contributed by atoms with Crippen molar-refractivity contribution in [2.24, 2.45) is 5.41 Å². The van der Waals surface area contributed by atoms with E-state index in [1.165, 1.54) is 7.11 Å². The Balaban J connectivity index is 1.77. The van der Waals surface area contributed by atoms with E-state index in [1.54, 1.807) is 0 Å². The highest BCUT2D eigenvalue weighted by molar-refractivity contribution is 6.41. The summed E-state index contributed by atoms with van der Waals surface area (Å²) in [7, 11) is 1.51. The first-order valence-electron chi connectivity index (χ1n) is 9.65. The van der Waals surface area contributed by atoms with E-state index in [-0.39, 0.29) is 21.2 Å². The number of carbonyl (C=O) groups excluding carboxylic acids is 2. The number of aromatic nitrogens is 1. The fourth-order valence-electron chi connectivity index (χ4n) is 3.69. The number of methoxy groups -OCH3 is 1. The molecule has 0 bridgehead atoms. The highest BCUT2D eigenvalue weighted by atomic mass is 28.2. The summed E-state index contributed by atoms with van der Waals surface area (Å²) in [6.07, 6.45) is 2.75. The molecule has 1 unspecified atom stereocenters. The van der Waals surface area contributed by atoms with Crippen LogP contribution in [0, 0.1) is 5.41 Å². The van der Waals surface area contributed by atoms with Gasteiger partial charge in [0.1, 0.15) is 5.60 Å². The molecule has 2 N–H and O–H groups in total. The summed E-state index contributed by atoms with van der Waals surface area (Å²) in [5, 5.41) is 1.09. The van der Waals surface area contributed by atoms with Crippen molar-refractivity contribution in [3.8, 4) is 0 Å². The van der Waals surface area contributed by atoms with Gasteiger partial charge in [-0.15, -0.1) is 0 Å². The van der Waals surface area contributed by atoms with E-state index in [0.29, 0.717) is 12.8 Å². The van der Waals surface area contributed by atoms with E-state index in [4.69, 9.17) is 9.47 Å². The molecular weight excluding hydrogens is 384 g/mol. The molecule has 1 fully saturated rings. The molecule has 154 valence electrons. The van der Waals surface area contributed by atoms with E-state index < -0.39 is 17.1 Å². The largest absolute Gasteiger partial charge is 0.469 e. The second-order valence-corrected chi connectivity index (χ2v) is 9.91. The lowest BCUT2D eigenvalue weighted by Crippen LogP contribution is -2.36. The zero-order valence-corrected chi connectivity index (χ0v) is 18.6. The average Bonchev–Trinajstić information content (AvgIpc) is 3.20. The number of hydrogen-bond donors (Lipinski definition) is 2. The molecule has 0 aliphatic heterocycles. The fraction of sp³-hybridized carbons (Fsp3) is 0.455. The molecule has 1 aliphatic carbocycles. The van der Waals surface area contributed by atoms with Gasteiger partial charge in [0.2, 0.25) is 0 Å². The molecule has 1 aromatic heterocycles. The number of aromatic amines is 1. The first kappa shape index (κ1) is 21.2. The molecule has 2 atom stereocenters. The molecule has 7 heteroatoms. The molecular formula is C22H28N2O4Si. The van der Waals surface area contributed by atoms with Crippen LogP contribution in [0.15, 0.2) is 31.0 Å². The van der Waals surface area contributed by atoms with E-state index in [1.807, 2.05) is 46.0 Å². The van der Waals surface area contributed by atoms with Gasteiger partial charge < -0.3 is 19.4 Å². The highest BCUT2D eigenvalue weighted by Crippen LogP contribution is 2.60. The highest BCUT2D eigenvalue weighted by Gasteiger charge is 2.61. The number of para-hydroxylation sites is 1. The quantitative estimate of drug-likeness (QED) is 0.549. The molecule has 2 aromatic rings. The molecule has 0 saturated heterocycles. The number of rotatable bonds is 6. The van der Waals surface area contributed by atoms with Crippen molar-refractivity contribution in [2.75, 3.05) is 7.11 Å². The van der Waals surface area contributed by atoms with Crippen LogP contribution in [0.3, 0.4) is 0 Å². The summed E-state index contributed by atoms with van der Waals surface area (Å²) in [4.78, 5) is 30.8. The summed E-state index contributed by atoms with van der Waals surface area (Å²) in [6, 6.07) is 6.09. The fourth-order valence-corrected chi connectivity index (χ4v) is 5.00. The van der Waals surface area contributed by atoms with Gasteiger partial charge in [-0.3, -0.25) is 4.79 Å². The third kappa shape index (κ3) is 4.39. The summed E-state index contributed by atoms with van der Waals surface area (Å²) in [5.74, 6) is -0.230. The SMILES string of the molecule is C=C(C)c1cccc2c(C[C@]3(C(=O)OC)CC3[Si]NC(=O)OC(C)(C)C)c[nH]c12. The number of hydrogen-bond acceptors (Lipinski definition) is 4. The van der Waals surface area contributed by atoms with Crippen molar-refractivity contribution >= 4 is 38.2 Å². The second kappa shape index (κ2) is 7.70. The lowest BCUT2D eigenvalue weighted by molar-refractivity contribution is -0.147. The Hall–Kier alpha value is -2.54. The van der Waals surface area contributed by atoms with Crippen LogP contribution < -0.4 is 4.98 Å². The van der Waals surface area contributed by atoms with Gasteiger partial charge in [-0.25, -0.2) is 4.79 Å². The molecule has 1 aliphatic rings. The van der Waals surface area contributed by atoms with E-state index >= 15 is 0 Å². The first-order valence-corrected chi connectivity index (χ1v) is 10.7. The zero-order valence-electron chi connectivity index (χ0n) is 17.6. The maximum atomic E-state index is 12.6. The van der Waals surface area contributed by atoms with Crippen molar-refractivity contribution < 1.29 is 19.1 Å². The maximum absolute atomic E-state index is 12.6. The van der Waals surface area contributed by atoms with Crippen LogP contribution in [0.25, 0.3) is 16.5 Å². The van der Waals surface area contributed by atoms with Gasteiger partial charge in [-0.1, -0.05) is 24.8 Å². The number of carbonyl (C=O) groups is 2. The lowest BCUT2D eigenvalue weighted by atomic mass is 9.95. The van der Waals surface area contributed by atoms with Crippen LogP contribution in [0.5, 0.6) is 0 Å². The minimum Gasteiger partial charge on any atom is -0.469 e. The van der Waals surface area contributed by atoms with Crippen molar-refractivity contribution in [3.63, 3.8) is 0 Å². The third-order valence-electron chi connectivity index (χ3n) is 5.18. The van der Waals surface area contributed by atoms with Crippen LogP contribution in [0.4, 0.5) is 4.79 Å². The second-order valence-electron chi connectivity index (χ2n) is 8.67. The van der Waals surface area contributed by atoms with Crippen LogP contribution >= 0.6 is 0 Å². The molecule has 1 aromatic carbocycles. The summed E-state index contributed by atoms with van der Waals surface area (Å²) in [6.45, 7) is 11.5. The Labute approximate surface area is 173 Å². The monoisotopic (exact) mass is 412 g/mol. The van der Waals surface area contributed by atoms with Gasteiger partial charge >= 0.3 is 12.1 Å². The van der Waals surface area contributed by atoms with Gasteiger partial charge in [0, 0.05) is 17.1 Å². The predicted octanol–water partition coefficient (Wildman–Crippen LogP) is 4.24. The molecule has 3 rings (SSSR count). The average molecular weight is 413 g/mol. The number of nitrogens with one attached hydrogen (secondary N) is 2. The van der Waals surface area contributed by atoms with Gasteiger partial charge in [-0.2, -0.15) is 0 Å². The Morgan fingerprint density at radius 1 is 1.38 bits per heavy atom. The Morgan fingerprint density at radius 2 is 2.10 bits per heavy atom. The molecule has 1 heterocycles. The number of esters is 1. The van der Waals surface area contributed by atoms with Crippen LogP contribution in [0.2, 0.25) is 5.54 Å². The molecule has 6 nitrogen and oxygen atoms in total. The lowest BCUT2D eigenvalue weighted by Gasteiger charge is -2.20. The summed E-state index contributed by atoms with van der Waals surface area (Å²) in [5.41, 5.74) is 3.02. The van der Waals surface area contributed by atoms with Gasteiger partial charge in [0.05, 0.1) is 18.0 Å². The third-order valence-corrected chi connectivity index (χ3v) is 6.64. The minimum atomic E-state index is -0.615. The molecule has 1 saturated carbocycles. The van der Waals surface area contributed by atoms with E-state index in [9.17, 15) is 9.59 Å². The number of ether oxygens (including phenoxy) is 2. The van der Waals surface area contributed by atoms with Crippen LogP contribution in [0.1, 0.15) is 45.2 Å².